The Hall–Kier alpha value is -1.73. The van der Waals surface area contributed by atoms with Crippen LogP contribution in [0.2, 0.25) is 0 Å². The summed E-state index contributed by atoms with van der Waals surface area (Å²) in [5.41, 5.74) is 8.77. The second-order valence-electron chi connectivity index (χ2n) is 3.74. The Morgan fingerprint density at radius 3 is 2.53 bits per heavy atom. The molecule has 1 saturated heterocycles. The van der Waals surface area contributed by atoms with Crippen molar-refractivity contribution in [2.75, 3.05) is 6.61 Å². The highest BCUT2D eigenvalue weighted by Crippen LogP contribution is 2.19. The Balaban J connectivity index is 2.64. The first-order valence-corrected chi connectivity index (χ1v) is 5.17. The number of nitrogens with zero attached hydrogens (tertiary/aromatic N) is 2. The van der Waals surface area contributed by atoms with Crippen molar-refractivity contribution in [2.45, 2.75) is 30.6 Å². The van der Waals surface area contributed by atoms with Crippen LogP contribution in [0.15, 0.2) is 5.10 Å². The van der Waals surface area contributed by atoms with Gasteiger partial charge >= 0.3 is 0 Å². The molecule has 1 fully saturated rings. The maximum atomic E-state index is 10.0. The Labute approximate surface area is 106 Å². The van der Waals surface area contributed by atoms with Gasteiger partial charge in [-0.05, 0) is 0 Å². The molecule has 5 unspecified atom stereocenters. The summed E-state index contributed by atoms with van der Waals surface area (Å²) < 4.78 is 5.00. The number of hydrazine groups is 1. The summed E-state index contributed by atoms with van der Waals surface area (Å²) in [5, 5.41) is 49.8. The van der Waals surface area contributed by atoms with Gasteiger partial charge in [0.05, 0.1) is 6.61 Å². The van der Waals surface area contributed by atoms with Crippen LogP contribution >= 0.6 is 0 Å². The zero-order chi connectivity index (χ0) is 14.6. The molecule has 0 saturated carbocycles. The molecule has 0 radical (unpaired) electrons. The number of hydrogen-bond donors (Lipinski definition) is 7. The summed E-state index contributed by atoms with van der Waals surface area (Å²) in [6, 6.07) is 0. The average Bonchev–Trinajstić information content (AvgIpc) is 2.34. The normalized spacial score (nSPS) is 35.8. The third kappa shape index (κ3) is 3.87. The molecule has 19 heavy (non-hydrogen) atoms. The first-order chi connectivity index (χ1) is 8.86. The molecule has 0 aliphatic carbocycles. The molecule has 1 aliphatic heterocycles. The van der Waals surface area contributed by atoms with Crippen molar-refractivity contribution in [2.24, 2.45) is 10.8 Å². The zero-order valence-corrected chi connectivity index (χ0v) is 9.58. The predicted molar refractivity (Wildman–Crippen MR) is 58.7 cm³/mol. The number of guanidine groups is 1. The van der Waals surface area contributed by atoms with E-state index in [1.54, 1.807) is 0 Å². The van der Waals surface area contributed by atoms with Crippen molar-refractivity contribution in [3.63, 3.8) is 0 Å². The third-order valence-corrected chi connectivity index (χ3v) is 2.41. The first-order valence-electron chi connectivity index (χ1n) is 5.17. The van der Waals surface area contributed by atoms with Crippen molar-refractivity contribution in [1.29, 1.82) is 0 Å². The standard InChI is InChI=1S/C7H15N5O7/c8-7(11-12(17)18)10-9-6-5(16)4(15)3(14)2(1-13)19-6/h2-6,9,13-16H,1H2,(H3,8,10,11). The molecule has 12 nitrogen and oxygen atoms in total. The number of aliphatic hydroxyl groups excluding tert-OH is 4. The van der Waals surface area contributed by atoms with Crippen molar-refractivity contribution in [3.05, 3.63) is 10.1 Å². The SMILES string of the molecule is NC(=NNC1OC(CO)C(O)C(O)C1O)N[N+](=O)[O-]. The van der Waals surface area contributed by atoms with Crippen LogP contribution in [0, 0.1) is 10.1 Å². The van der Waals surface area contributed by atoms with Crippen LogP contribution in [0.3, 0.4) is 0 Å². The van der Waals surface area contributed by atoms with Gasteiger partial charge in [-0.1, -0.05) is 5.43 Å². The fourth-order valence-corrected chi connectivity index (χ4v) is 1.46. The lowest BCUT2D eigenvalue weighted by Crippen LogP contribution is -2.62. The quantitative estimate of drug-likeness (QED) is 0.114. The van der Waals surface area contributed by atoms with Gasteiger partial charge in [0.2, 0.25) is 0 Å². The fourth-order valence-electron chi connectivity index (χ4n) is 1.46. The van der Waals surface area contributed by atoms with Crippen LogP contribution in [-0.2, 0) is 4.74 Å². The highest BCUT2D eigenvalue weighted by molar-refractivity contribution is 5.76. The monoisotopic (exact) mass is 281 g/mol. The molecule has 0 bridgehead atoms. The lowest BCUT2D eigenvalue weighted by atomic mass is 9.99. The van der Waals surface area contributed by atoms with Crippen molar-refractivity contribution >= 4 is 5.96 Å². The van der Waals surface area contributed by atoms with Crippen LogP contribution in [0.25, 0.3) is 0 Å². The molecule has 0 aromatic rings. The molecule has 8 N–H and O–H groups in total. The van der Waals surface area contributed by atoms with Crippen LogP contribution in [-0.4, -0.2) is 68.7 Å². The minimum absolute atomic E-state index is 0.602. The van der Waals surface area contributed by atoms with Crippen LogP contribution in [0.4, 0.5) is 0 Å². The molecule has 0 spiro atoms. The molecular weight excluding hydrogens is 266 g/mol. The number of rotatable bonds is 4. The molecule has 1 heterocycles. The molecule has 1 rings (SSSR count). The van der Waals surface area contributed by atoms with E-state index in [1.807, 2.05) is 0 Å². The second kappa shape index (κ2) is 6.44. The van der Waals surface area contributed by atoms with Crippen LogP contribution in [0.5, 0.6) is 0 Å². The highest BCUT2D eigenvalue weighted by atomic mass is 16.7. The van der Waals surface area contributed by atoms with Crippen LogP contribution < -0.4 is 16.6 Å². The highest BCUT2D eigenvalue weighted by Gasteiger charge is 2.43. The Kier molecular flexibility index (Phi) is 5.20. The van der Waals surface area contributed by atoms with E-state index in [1.165, 1.54) is 5.43 Å². The molecule has 12 heteroatoms. The average molecular weight is 281 g/mol. The van der Waals surface area contributed by atoms with E-state index in [4.69, 9.17) is 15.6 Å². The second-order valence-corrected chi connectivity index (χ2v) is 3.74. The van der Waals surface area contributed by atoms with Gasteiger partial charge in [0.15, 0.2) is 11.3 Å². The van der Waals surface area contributed by atoms with Crippen LogP contribution in [0.1, 0.15) is 0 Å². The molecule has 0 amide bonds. The third-order valence-electron chi connectivity index (χ3n) is 2.41. The minimum Gasteiger partial charge on any atom is -0.394 e. The van der Waals surface area contributed by atoms with Gasteiger partial charge in [-0.2, -0.15) is 0 Å². The van der Waals surface area contributed by atoms with Gasteiger partial charge in [0, 0.05) is 0 Å². The number of hydrogen-bond acceptors (Lipinski definition) is 9. The molecule has 0 aromatic carbocycles. The van der Waals surface area contributed by atoms with Gasteiger partial charge in [-0.25, -0.2) is 10.1 Å². The van der Waals surface area contributed by atoms with Gasteiger partial charge in [-0.3, -0.25) is 5.43 Å². The molecule has 1 aliphatic rings. The minimum atomic E-state index is -1.58. The maximum absolute atomic E-state index is 10.0. The Morgan fingerprint density at radius 2 is 2.00 bits per heavy atom. The number of ether oxygens (including phenoxy) is 1. The Morgan fingerprint density at radius 1 is 1.37 bits per heavy atom. The van der Waals surface area contributed by atoms with Crippen molar-refractivity contribution < 1.29 is 30.2 Å². The molecule has 0 aromatic heterocycles. The van der Waals surface area contributed by atoms with E-state index < -0.39 is 48.2 Å². The summed E-state index contributed by atoms with van der Waals surface area (Å²) in [6.45, 7) is -0.602. The van der Waals surface area contributed by atoms with Gasteiger partial charge in [0.25, 0.3) is 5.96 Å². The topological polar surface area (TPSA) is 196 Å². The largest absolute Gasteiger partial charge is 0.394 e. The number of hydrazone groups is 1. The van der Waals surface area contributed by atoms with E-state index in [9.17, 15) is 25.4 Å². The van der Waals surface area contributed by atoms with E-state index in [-0.39, 0.29) is 0 Å². The summed E-state index contributed by atoms with van der Waals surface area (Å²) >= 11 is 0. The summed E-state index contributed by atoms with van der Waals surface area (Å²) in [6.07, 6.45) is -7.07. The van der Waals surface area contributed by atoms with Crippen molar-refractivity contribution in [3.8, 4) is 0 Å². The Bertz CT molecular complexity index is 351. The van der Waals surface area contributed by atoms with Crippen molar-refractivity contribution in [1.82, 2.24) is 10.9 Å². The maximum Gasteiger partial charge on any atom is 0.272 e. The van der Waals surface area contributed by atoms with E-state index in [0.717, 1.165) is 0 Å². The van der Waals surface area contributed by atoms with E-state index >= 15 is 0 Å². The molecular formula is C7H15N5O7. The number of aliphatic hydroxyl groups is 4. The lowest BCUT2D eigenvalue weighted by molar-refractivity contribution is -0.525. The zero-order valence-electron chi connectivity index (χ0n) is 9.58. The van der Waals surface area contributed by atoms with Gasteiger partial charge in [0.1, 0.15) is 24.4 Å². The van der Waals surface area contributed by atoms with Gasteiger partial charge in [-0.15, -0.1) is 5.10 Å². The fraction of sp³-hybridized carbons (Fsp3) is 0.857. The summed E-state index contributed by atoms with van der Waals surface area (Å²) in [4.78, 5) is 10.0. The number of nitrogens with two attached hydrogens (primary N) is 1. The molecule has 110 valence electrons. The predicted octanol–water partition coefficient (Wildman–Crippen LogP) is -4.61. The molecule has 5 atom stereocenters. The summed E-state index contributed by atoms with van der Waals surface area (Å²) in [7, 11) is 0. The lowest BCUT2D eigenvalue weighted by Gasteiger charge is -2.39. The van der Waals surface area contributed by atoms with E-state index in [2.05, 4.69) is 10.5 Å². The number of nitro groups is 1. The smallest absolute Gasteiger partial charge is 0.272 e. The van der Waals surface area contributed by atoms with E-state index in [0.29, 0.717) is 0 Å². The number of nitrogens with one attached hydrogen (secondary N) is 2. The summed E-state index contributed by atoms with van der Waals surface area (Å²) in [5.74, 6) is -0.609. The first kappa shape index (κ1) is 15.3. The van der Waals surface area contributed by atoms with Gasteiger partial charge < -0.3 is 30.9 Å².